The van der Waals surface area contributed by atoms with Crippen molar-refractivity contribution < 1.29 is 13.2 Å². The van der Waals surface area contributed by atoms with E-state index in [9.17, 15) is 13.2 Å². The van der Waals surface area contributed by atoms with Crippen molar-refractivity contribution in [2.45, 2.75) is 12.5 Å². The molecule has 0 heterocycles. The van der Waals surface area contributed by atoms with Gasteiger partial charge in [0.25, 0.3) is 0 Å². The number of benzene rings is 2. The Morgan fingerprint density at radius 3 is 2.25 bits per heavy atom. The van der Waals surface area contributed by atoms with Crippen LogP contribution in [0.1, 0.15) is 17.2 Å². The first kappa shape index (κ1) is 15.4. The zero-order valence-electron chi connectivity index (χ0n) is 10.1. The molecule has 20 heavy (non-hydrogen) atoms. The van der Waals surface area contributed by atoms with E-state index in [-0.39, 0.29) is 27.0 Å². The Kier molecular flexibility index (Phi) is 4.73. The third-order valence-corrected chi connectivity index (χ3v) is 3.71. The Morgan fingerprint density at radius 2 is 1.70 bits per heavy atom. The summed E-state index contributed by atoms with van der Waals surface area (Å²) >= 11 is 8.86. The van der Waals surface area contributed by atoms with Crippen LogP contribution in [0.25, 0.3) is 0 Å². The van der Waals surface area contributed by atoms with Crippen LogP contribution in [0, 0.1) is 17.5 Å². The van der Waals surface area contributed by atoms with Crippen LogP contribution in [-0.2, 0) is 6.42 Å². The van der Waals surface area contributed by atoms with Gasteiger partial charge in [0.2, 0.25) is 0 Å². The molecule has 1 nitrogen and oxygen atoms in total. The molecule has 0 fully saturated rings. The van der Waals surface area contributed by atoms with E-state index in [4.69, 9.17) is 17.3 Å². The molecule has 2 aromatic carbocycles. The topological polar surface area (TPSA) is 26.0 Å². The summed E-state index contributed by atoms with van der Waals surface area (Å²) in [6.07, 6.45) is -0.0963. The summed E-state index contributed by atoms with van der Waals surface area (Å²) < 4.78 is 41.5. The molecule has 2 N–H and O–H groups in total. The molecule has 0 radical (unpaired) electrons. The summed E-state index contributed by atoms with van der Waals surface area (Å²) in [7, 11) is 0. The first-order chi connectivity index (χ1) is 9.40. The van der Waals surface area contributed by atoms with Crippen LogP contribution in [-0.4, -0.2) is 0 Å². The van der Waals surface area contributed by atoms with Crippen LogP contribution in [0.4, 0.5) is 13.2 Å². The highest BCUT2D eigenvalue weighted by Gasteiger charge is 2.20. The van der Waals surface area contributed by atoms with E-state index in [1.807, 2.05) is 0 Å². The largest absolute Gasteiger partial charge is 0.323 e. The Morgan fingerprint density at radius 1 is 1.10 bits per heavy atom. The summed E-state index contributed by atoms with van der Waals surface area (Å²) in [5.41, 5.74) is 5.65. The standard InChI is InChI=1S/C14H10BrClF3N/c15-7-4-11(18)14(12(19)5-7)13(20)6-8-9(16)2-1-3-10(8)17/h1-5,13H,6,20H2. The van der Waals surface area contributed by atoms with Gasteiger partial charge in [-0.05, 0) is 30.7 Å². The van der Waals surface area contributed by atoms with Gasteiger partial charge >= 0.3 is 0 Å². The van der Waals surface area contributed by atoms with Crippen molar-refractivity contribution in [3.63, 3.8) is 0 Å². The van der Waals surface area contributed by atoms with Crippen molar-refractivity contribution in [1.29, 1.82) is 0 Å². The Bertz CT molecular complexity index is 605. The van der Waals surface area contributed by atoms with Gasteiger partial charge in [-0.25, -0.2) is 13.2 Å². The highest BCUT2D eigenvalue weighted by atomic mass is 79.9. The van der Waals surface area contributed by atoms with E-state index in [2.05, 4.69) is 15.9 Å². The minimum Gasteiger partial charge on any atom is -0.323 e. The molecule has 1 atom stereocenters. The molecule has 0 amide bonds. The number of hydrogen-bond donors (Lipinski definition) is 1. The van der Waals surface area contributed by atoms with Gasteiger partial charge in [0.15, 0.2) is 0 Å². The lowest BCUT2D eigenvalue weighted by Gasteiger charge is -2.15. The fourth-order valence-corrected chi connectivity index (χ4v) is 2.60. The quantitative estimate of drug-likeness (QED) is 0.835. The number of hydrogen-bond acceptors (Lipinski definition) is 1. The van der Waals surface area contributed by atoms with Crippen molar-refractivity contribution in [2.75, 3.05) is 0 Å². The highest BCUT2D eigenvalue weighted by molar-refractivity contribution is 9.10. The summed E-state index contributed by atoms with van der Waals surface area (Å²) in [5, 5.41) is 0.179. The van der Waals surface area contributed by atoms with E-state index in [1.54, 1.807) is 0 Å². The number of rotatable bonds is 3. The highest BCUT2D eigenvalue weighted by Crippen LogP contribution is 2.28. The first-order valence-electron chi connectivity index (χ1n) is 5.73. The Balaban J connectivity index is 2.36. The number of halogens is 5. The lowest BCUT2D eigenvalue weighted by atomic mass is 9.98. The van der Waals surface area contributed by atoms with Crippen LogP contribution in [0.5, 0.6) is 0 Å². The Labute approximate surface area is 127 Å². The van der Waals surface area contributed by atoms with Crippen molar-refractivity contribution in [2.24, 2.45) is 5.73 Å². The second kappa shape index (κ2) is 6.16. The van der Waals surface area contributed by atoms with Crippen LogP contribution in [0.2, 0.25) is 5.02 Å². The van der Waals surface area contributed by atoms with E-state index in [0.29, 0.717) is 0 Å². The molecule has 2 aromatic rings. The third-order valence-electron chi connectivity index (χ3n) is 2.90. The first-order valence-corrected chi connectivity index (χ1v) is 6.90. The van der Waals surface area contributed by atoms with Gasteiger partial charge in [-0.3, -0.25) is 0 Å². The van der Waals surface area contributed by atoms with Crippen molar-refractivity contribution in [3.8, 4) is 0 Å². The third kappa shape index (κ3) is 3.16. The van der Waals surface area contributed by atoms with Crippen LogP contribution < -0.4 is 5.73 Å². The predicted molar refractivity (Wildman–Crippen MR) is 76.1 cm³/mol. The molecule has 0 spiro atoms. The average molecular weight is 365 g/mol. The van der Waals surface area contributed by atoms with Gasteiger partial charge in [0.05, 0.1) is 0 Å². The molecule has 0 bridgehead atoms. The maximum absolute atomic E-state index is 13.8. The maximum atomic E-state index is 13.8. The molecule has 2 rings (SSSR count). The smallest absolute Gasteiger partial charge is 0.132 e. The molecule has 0 aliphatic rings. The molecule has 1 unspecified atom stereocenters. The summed E-state index contributed by atoms with van der Waals surface area (Å²) in [5.74, 6) is -2.11. The second-order valence-corrected chi connectivity index (χ2v) is 5.62. The molecule has 0 saturated carbocycles. The number of nitrogens with two attached hydrogens (primary N) is 1. The summed E-state index contributed by atoms with van der Waals surface area (Å²) in [4.78, 5) is 0. The monoisotopic (exact) mass is 363 g/mol. The molecule has 0 aromatic heterocycles. The summed E-state index contributed by atoms with van der Waals surface area (Å²) in [6, 6.07) is 5.37. The van der Waals surface area contributed by atoms with Crippen molar-refractivity contribution in [3.05, 3.63) is 68.4 Å². The zero-order valence-corrected chi connectivity index (χ0v) is 12.5. The van der Waals surface area contributed by atoms with Crippen molar-refractivity contribution >= 4 is 27.5 Å². The average Bonchev–Trinajstić information content (AvgIpc) is 2.32. The minimum atomic E-state index is -1.03. The van der Waals surface area contributed by atoms with Gasteiger partial charge < -0.3 is 5.73 Å². The molecule has 6 heteroatoms. The SMILES string of the molecule is NC(Cc1c(F)cccc1Cl)c1c(F)cc(Br)cc1F. The van der Waals surface area contributed by atoms with E-state index < -0.39 is 23.5 Å². The molecule has 0 aliphatic heterocycles. The van der Waals surface area contributed by atoms with Gasteiger partial charge in [-0.2, -0.15) is 0 Å². The van der Waals surface area contributed by atoms with Crippen LogP contribution in [0.3, 0.4) is 0 Å². The van der Waals surface area contributed by atoms with Crippen LogP contribution >= 0.6 is 27.5 Å². The fourth-order valence-electron chi connectivity index (χ4n) is 1.96. The van der Waals surface area contributed by atoms with Crippen molar-refractivity contribution in [1.82, 2.24) is 0 Å². The van der Waals surface area contributed by atoms with E-state index in [1.165, 1.54) is 18.2 Å². The molecular formula is C14H10BrClF3N. The normalized spacial score (nSPS) is 12.5. The maximum Gasteiger partial charge on any atom is 0.132 e. The van der Waals surface area contributed by atoms with Gasteiger partial charge in [0.1, 0.15) is 17.5 Å². The minimum absolute atomic E-state index is 0.0963. The van der Waals surface area contributed by atoms with E-state index >= 15 is 0 Å². The summed E-state index contributed by atoms with van der Waals surface area (Å²) in [6.45, 7) is 0. The predicted octanol–water partition coefficient (Wildman–Crippen LogP) is 4.76. The van der Waals surface area contributed by atoms with Gasteiger partial charge in [-0.1, -0.05) is 33.6 Å². The lowest BCUT2D eigenvalue weighted by molar-refractivity contribution is 0.517. The molecule has 0 aliphatic carbocycles. The molecule has 0 saturated heterocycles. The molecule has 106 valence electrons. The van der Waals surface area contributed by atoms with Gasteiger partial charge in [0, 0.05) is 26.7 Å². The second-order valence-electron chi connectivity index (χ2n) is 4.29. The van der Waals surface area contributed by atoms with E-state index in [0.717, 1.165) is 12.1 Å². The fraction of sp³-hybridized carbons (Fsp3) is 0.143. The van der Waals surface area contributed by atoms with Gasteiger partial charge in [-0.15, -0.1) is 0 Å². The lowest BCUT2D eigenvalue weighted by Crippen LogP contribution is -2.18. The molecular weight excluding hydrogens is 355 g/mol. The van der Waals surface area contributed by atoms with Crippen LogP contribution in [0.15, 0.2) is 34.8 Å². The zero-order chi connectivity index (χ0) is 14.9. The Hall–Kier alpha value is -1.04.